The minimum absolute atomic E-state index is 0.359. The van der Waals surface area contributed by atoms with Crippen molar-refractivity contribution in [3.8, 4) is 0 Å². The Morgan fingerprint density at radius 3 is 3.00 bits per heavy atom. The van der Waals surface area contributed by atoms with E-state index >= 15 is 0 Å². The van der Waals surface area contributed by atoms with Gasteiger partial charge in [0.25, 0.3) is 0 Å². The Bertz CT molecular complexity index is 238. The van der Waals surface area contributed by atoms with E-state index in [4.69, 9.17) is 0 Å². The number of nitrogens with one attached hydrogen (secondary N) is 1. The molecule has 0 fully saturated rings. The second kappa shape index (κ2) is 6.85. The van der Waals surface area contributed by atoms with Crippen molar-refractivity contribution in [2.24, 2.45) is 0 Å². The van der Waals surface area contributed by atoms with E-state index in [1.807, 2.05) is 30.1 Å². The molecule has 0 aliphatic carbocycles. The zero-order valence-corrected chi connectivity index (χ0v) is 9.68. The summed E-state index contributed by atoms with van der Waals surface area (Å²) in [6, 6.07) is 6.40. The second-order valence-corrected chi connectivity index (χ2v) is 4.26. The van der Waals surface area contributed by atoms with Gasteiger partial charge >= 0.3 is 0 Å². The lowest BCUT2D eigenvalue weighted by Crippen LogP contribution is -2.21. The first-order valence-electron chi connectivity index (χ1n) is 4.98. The first kappa shape index (κ1) is 11.5. The van der Waals surface area contributed by atoms with Crippen LogP contribution >= 0.6 is 11.8 Å². The third-order valence-corrected chi connectivity index (χ3v) is 2.80. The smallest absolute Gasteiger partial charge is 0.0570 e. The Morgan fingerprint density at radius 1 is 1.50 bits per heavy atom. The minimum atomic E-state index is 0.359. The van der Waals surface area contributed by atoms with Gasteiger partial charge in [-0.3, -0.25) is 4.98 Å². The average molecular weight is 210 g/mol. The van der Waals surface area contributed by atoms with E-state index in [0.29, 0.717) is 6.04 Å². The van der Waals surface area contributed by atoms with E-state index in [2.05, 4.69) is 29.5 Å². The van der Waals surface area contributed by atoms with Crippen LogP contribution in [0.15, 0.2) is 24.4 Å². The van der Waals surface area contributed by atoms with Crippen LogP contribution < -0.4 is 5.32 Å². The van der Waals surface area contributed by atoms with Gasteiger partial charge in [-0.15, -0.1) is 0 Å². The van der Waals surface area contributed by atoms with Gasteiger partial charge in [-0.1, -0.05) is 6.07 Å². The maximum Gasteiger partial charge on any atom is 0.0570 e. The number of nitrogens with zero attached hydrogens (tertiary/aromatic N) is 1. The van der Waals surface area contributed by atoms with E-state index in [1.54, 1.807) is 0 Å². The molecular weight excluding hydrogens is 192 g/mol. The van der Waals surface area contributed by atoms with Crippen molar-refractivity contribution in [2.45, 2.75) is 19.4 Å². The standard InChI is InChI=1S/C11H18N2S/c1-10(12-8-5-9-14-2)11-6-3-4-7-13-11/h3-4,6-7,10,12H,5,8-9H2,1-2H3/t10-/m1/s1. The summed E-state index contributed by atoms with van der Waals surface area (Å²) in [4.78, 5) is 4.31. The molecule has 1 atom stereocenters. The fourth-order valence-electron chi connectivity index (χ4n) is 1.27. The van der Waals surface area contributed by atoms with Crippen LogP contribution in [0.4, 0.5) is 0 Å². The average Bonchev–Trinajstić information content (AvgIpc) is 2.25. The predicted molar refractivity (Wildman–Crippen MR) is 63.7 cm³/mol. The Hall–Kier alpha value is -0.540. The summed E-state index contributed by atoms with van der Waals surface area (Å²) in [6.45, 7) is 3.22. The molecule has 0 aliphatic rings. The third kappa shape index (κ3) is 4.11. The van der Waals surface area contributed by atoms with Crippen LogP contribution in [0.3, 0.4) is 0 Å². The summed E-state index contributed by atoms with van der Waals surface area (Å²) in [7, 11) is 0. The molecule has 1 aromatic rings. The van der Waals surface area contributed by atoms with Crippen LogP contribution in [0.5, 0.6) is 0 Å². The van der Waals surface area contributed by atoms with Gasteiger partial charge in [-0.25, -0.2) is 0 Å². The van der Waals surface area contributed by atoms with E-state index in [0.717, 1.165) is 12.2 Å². The molecule has 0 saturated heterocycles. The van der Waals surface area contributed by atoms with Crippen LogP contribution in [0.1, 0.15) is 25.1 Å². The zero-order chi connectivity index (χ0) is 10.2. The van der Waals surface area contributed by atoms with E-state index in [9.17, 15) is 0 Å². The molecule has 3 heteroatoms. The van der Waals surface area contributed by atoms with Crippen LogP contribution in [-0.4, -0.2) is 23.5 Å². The summed E-state index contributed by atoms with van der Waals surface area (Å²) in [5.74, 6) is 1.22. The summed E-state index contributed by atoms with van der Waals surface area (Å²) in [6.07, 6.45) is 5.20. The van der Waals surface area contributed by atoms with E-state index in [1.165, 1.54) is 12.2 Å². The molecule has 2 nitrogen and oxygen atoms in total. The van der Waals surface area contributed by atoms with Crippen molar-refractivity contribution in [1.29, 1.82) is 0 Å². The lowest BCUT2D eigenvalue weighted by atomic mass is 10.2. The lowest BCUT2D eigenvalue weighted by Gasteiger charge is -2.12. The van der Waals surface area contributed by atoms with E-state index in [-0.39, 0.29) is 0 Å². The first-order chi connectivity index (χ1) is 6.84. The van der Waals surface area contributed by atoms with Crippen molar-refractivity contribution in [1.82, 2.24) is 10.3 Å². The number of thioether (sulfide) groups is 1. The molecule has 78 valence electrons. The van der Waals surface area contributed by atoms with Gasteiger partial charge in [-0.2, -0.15) is 11.8 Å². The lowest BCUT2D eigenvalue weighted by molar-refractivity contribution is 0.560. The second-order valence-electron chi connectivity index (χ2n) is 3.28. The summed E-state index contributed by atoms with van der Waals surface area (Å²) >= 11 is 1.89. The van der Waals surface area contributed by atoms with Gasteiger partial charge in [0.15, 0.2) is 0 Å². The fourth-order valence-corrected chi connectivity index (χ4v) is 1.70. The van der Waals surface area contributed by atoms with Crippen LogP contribution in [-0.2, 0) is 0 Å². The molecular formula is C11H18N2S. The highest BCUT2D eigenvalue weighted by Crippen LogP contribution is 2.07. The molecule has 14 heavy (non-hydrogen) atoms. The molecule has 0 bridgehead atoms. The van der Waals surface area contributed by atoms with Crippen molar-refractivity contribution in [2.75, 3.05) is 18.6 Å². The molecule has 1 rings (SSSR count). The number of hydrogen-bond donors (Lipinski definition) is 1. The number of hydrogen-bond acceptors (Lipinski definition) is 3. The molecule has 0 unspecified atom stereocenters. The molecule has 0 saturated carbocycles. The van der Waals surface area contributed by atoms with Crippen molar-refractivity contribution >= 4 is 11.8 Å². The Kier molecular flexibility index (Phi) is 5.64. The van der Waals surface area contributed by atoms with Gasteiger partial charge < -0.3 is 5.32 Å². The quantitative estimate of drug-likeness (QED) is 0.730. The highest BCUT2D eigenvalue weighted by atomic mass is 32.2. The predicted octanol–water partition coefficient (Wildman–Crippen LogP) is 2.49. The van der Waals surface area contributed by atoms with Gasteiger partial charge in [0.2, 0.25) is 0 Å². The molecule has 0 radical (unpaired) electrons. The fraction of sp³-hybridized carbons (Fsp3) is 0.545. The van der Waals surface area contributed by atoms with Gasteiger partial charge in [0.05, 0.1) is 5.69 Å². The number of aromatic nitrogens is 1. The van der Waals surface area contributed by atoms with Crippen LogP contribution in [0, 0.1) is 0 Å². The molecule has 0 aliphatic heterocycles. The zero-order valence-electron chi connectivity index (χ0n) is 8.86. The topological polar surface area (TPSA) is 24.9 Å². The maximum absolute atomic E-state index is 4.31. The summed E-state index contributed by atoms with van der Waals surface area (Å²) in [5.41, 5.74) is 1.12. The maximum atomic E-state index is 4.31. The Morgan fingerprint density at radius 2 is 2.36 bits per heavy atom. The highest BCUT2D eigenvalue weighted by Gasteiger charge is 2.03. The van der Waals surface area contributed by atoms with Crippen LogP contribution in [0.25, 0.3) is 0 Å². The minimum Gasteiger partial charge on any atom is -0.309 e. The van der Waals surface area contributed by atoms with Gasteiger partial charge in [0.1, 0.15) is 0 Å². The molecule has 1 N–H and O–H groups in total. The number of rotatable bonds is 6. The first-order valence-corrected chi connectivity index (χ1v) is 6.37. The summed E-state index contributed by atoms with van der Waals surface area (Å²) < 4.78 is 0. The van der Waals surface area contributed by atoms with Gasteiger partial charge in [-0.05, 0) is 44.0 Å². The largest absolute Gasteiger partial charge is 0.309 e. The van der Waals surface area contributed by atoms with Crippen molar-refractivity contribution < 1.29 is 0 Å². The molecule has 0 amide bonds. The normalized spacial score (nSPS) is 12.7. The number of pyridine rings is 1. The monoisotopic (exact) mass is 210 g/mol. The van der Waals surface area contributed by atoms with Crippen LogP contribution in [0.2, 0.25) is 0 Å². The Balaban J connectivity index is 2.25. The van der Waals surface area contributed by atoms with Crippen molar-refractivity contribution in [3.63, 3.8) is 0 Å². The van der Waals surface area contributed by atoms with Crippen molar-refractivity contribution in [3.05, 3.63) is 30.1 Å². The highest BCUT2D eigenvalue weighted by molar-refractivity contribution is 7.98. The summed E-state index contributed by atoms with van der Waals surface area (Å²) in [5, 5.41) is 3.46. The molecule has 1 heterocycles. The van der Waals surface area contributed by atoms with Gasteiger partial charge in [0, 0.05) is 12.2 Å². The third-order valence-electron chi connectivity index (χ3n) is 2.11. The molecule has 1 aromatic heterocycles. The SMILES string of the molecule is CSCCCN[C@H](C)c1ccccn1. The Labute approximate surface area is 90.5 Å². The van der Waals surface area contributed by atoms with E-state index < -0.39 is 0 Å². The molecule has 0 aromatic carbocycles. The molecule has 0 spiro atoms.